The summed E-state index contributed by atoms with van der Waals surface area (Å²) in [7, 11) is 1.44. The van der Waals surface area contributed by atoms with Gasteiger partial charge in [0.1, 0.15) is 17.9 Å². The molecule has 2 N–H and O–H groups in total. The lowest BCUT2D eigenvalue weighted by Crippen LogP contribution is -2.12. The predicted molar refractivity (Wildman–Crippen MR) is 92.2 cm³/mol. The van der Waals surface area contributed by atoms with Crippen LogP contribution >= 0.6 is 0 Å². The zero-order valence-electron chi connectivity index (χ0n) is 13.6. The number of anilines is 2. The normalized spacial score (nSPS) is 9.28. The Bertz CT molecular complexity index is 875. The van der Waals surface area contributed by atoms with Gasteiger partial charge in [0.2, 0.25) is 5.71 Å². The van der Waals surface area contributed by atoms with Gasteiger partial charge < -0.3 is 10.1 Å². The second kappa shape index (κ2) is 8.09. The zero-order valence-corrected chi connectivity index (χ0v) is 13.6. The maximum Gasteiger partial charge on any atom is 0.255 e. The molecule has 0 aliphatic carbocycles. The van der Waals surface area contributed by atoms with Crippen LogP contribution in [0.15, 0.2) is 41.6 Å². The molecule has 0 aliphatic rings. The van der Waals surface area contributed by atoms with Gasteiger partial charge in [-0.3, -0.25) is 15.2 Å². The van der Waals surface area contributed by atoms with Crippen molar-refractivity contribution in [1.29, 1.82) is 10.5 Å². The van der Waals surface area contributed by atoms with E-state index in [4.69, 9.17) is 15.3 Å². The Morgan fingerprint density at radius 3 is 2.60 bits per heavy atom. The van der Waals surface area contributed by atoms with Crippen molar-refractivity contribution in [2.75, 3.05) is 17.9 Å². The number of nitriles is 2. The third-order valence-corrected chi connectivity index (χ3v) is 3.13. The molecule has 0 atom stereocenters. The van der Waals surface area contributed by atoms with E-state index in [0.717, 1.165) is 5.69 Å². The largest absolute Gasteiger partial charge is 0.494 e. The van der Waals surface area contributed by atoms with Crippen molar-refractivity contribution in [2.24, 2.45) is 5.10 Å². The third-order valence-electron chi connectivity index (χ3n) is 3.13. The number of aryl methyl sites for hydroxylation is 1. The maximum atomic E-state index is 12.3. The van der Waals surface area contributed by atoms with Crippen LogP contribution in [0.25, 0.3) is 0 Å². The molecule has 1 aromatic heterocycles. The van der Waals surface area contributed by atoms with Crippen LogP contribution in [0, 0.1) is 29.6 Å². The smallest absolute Gasteiger partial charge is 0.255 e. The molecular weight excluding hydrogens is 320 g/mol. The number of benzene rings is 1. The topological polar surface area (TPSA) is 123 Å². The number of carbonyl (C=O) groups excluding carboxylic acids is 1. The fourth-order valence-electron chi connectivity index (χ4n) is 1.86. The third kappa shape index (κ3) is 4.53. The minimum atomic E-state index is -0.325. The number of aromatic nitrogens is 1. The molecule has 0 aliphatic heterocycles. The Labute approximate surface area is 144 Å². The molecular formula is C17H14N6O2. The van der Waals surface area contributed by atoms with Crippen molar-refractivity contribution in [1.82, 2.24) is 4.98 Å². The molecule has 8 heteroatoms. The Hall–Kier alpha value is -3.91. The van der Waals surface area contributed by atoms with Gasteiger partial charge in [-0.15, -0.1) is 0 Å². The first-order valence-electron chi connectivity index (χ1n) is 7.13. The number of hydrazone groups is 1. The van der Waals surface area contributed by atoms with E-state index in [1.165, 1.54) is 13.2 Å². The summed E-state index contributed by atoms with van der Waals surface area (Å²) in [5.74, 6) is 0.0161. The first-order chi connectivity index (χ1) is 12.1. The van der Waals surface area contributed by atoms with Crippen LogP contribution in [0.2, 0.25) is 0 Å². The fourth-order valence-corrected chi connectivity index (χ4v) is 1.86. The van der Waals surface area contributed by atoms with Gasteiger partial charge in [0.05, 0.1) is 24.7 Å². The number of methoxy groups -OCH3 is 1. The molecule has 0 spiro atoms. The molecule has 1 amide bonds. The second-order valence-electron chi connectivity index (χ2n) is 4.85. The number of hydrogen-bond donors (Lipinski definition) is 2. The average Bonchev–Trinajstić information content (AvgIpc) is 2.64. The predicted octanol–water partition coefficient (Wildman–Crippen LogP) is 2.47. The molecule has 124 valence electrons. The van der Waals surface area contributed by atoms with E-state index in [1.54, 1.807) is 42.6 Å². The van der Waals surface area contributed by atoms with E-state index in [0.29, 0.717) is 22.7 Å². The molecule has 0 saturated heterocycles. The summed E-state index contributed by atoms with van der Waals surface area (Å²) in [4.78, 5) is 16.4. The van der Waals surface area contributed by atoms with Crippen LogP contribution in [0.4, 0.5) is 11.4 Å². The monoisotopic (exact) mass is 334 g/mol. The molecule has 25 heavy (non-hydrogen) atoms. The molecule has 8 nitrogen and oxygen atoms in total. The average molecular weight is 334 g/mol. The minimum absolute atomic E-state index is 0.323. The molecule has 2 rings (SSSR count). The van der Waals surface area contributed by atoms with E-state index >= 15 is 0 Å². The van der Waals surface area contributed by atoms with Crippen molar-refractivity contribution in [3.63, 3.8) is 0 Å². The van der Waals surface area contributed by atoms with Crippen LogP contribution < -0.4 is 15.5 Å². The maximum absolute atomic E-state index is 12.3. The first kappa shape index (κ1) is 17.4. The number of rotatable bonds is 5. The molecule has 0 bridgehead atoms. The lowest BCUT2D eigenvalue weighted by molar-refractivity contribution is 0.102. The second-order valence-corrected chi connectivity index (χ2v) is 4.85. The SMILES string of the molecule is COc1cc(C(=O)Nc2ccc(C)nc2)ccc1NN=C(C#N)C#N. The van der Waals surface area contributed by atoms with E-state index in [1.807, 2.05) is 6.92 Å². The van der Waals surface area contributed by atoms with Crippen molar-refractivity contribution >= 4 is 23.0 Å². The Kier molecular flexibility index (Phi) is 5.64. The minimum Gasteiger partial charge on any atom is -0.494 e. The quantitative estimate of drug-likeness (QED) is 0.639. The highest BCUT2D eigenvalue weighted by Gasteiger charge is 2.11. The number of amides is 1. The van der Waals surface area contributed by atoms with Gasteiger partial charge in [-0.1, -0.05) is 0 Å². The summed E-state index contributed by atoms with van der Waals surface area (Å²) in [6.07, 6.45) is 1.57. The van der Waals surface area contributed by atoms with Crippen molar-refractivity contribution in [2.45, 2.75) is 6.92 Å². The number of nitrogens with one attached hydrogen (secondary N) is 2. The molecule has 1 aromatic carbocycles. The summed E-state index contributed by atoms with van der Waals surface area (Å²) >= 11 is 0. The summed E-state index contributed by atoms with van der Waals surface area (Å²) in [5, 5.41) is 23.7. The first-order valence-corrected chi connectivity index (χ1v) is 7.13. The number of ether oxygens (including phenoxy) is 1. The Balaban J connectivity index is 2.19. The van der Waals surface area contributed by atoms with Gasteiger partial charge in [0, 0.05) is 11.3 Å². The van der Waals surface area contributed by atoms with E-state index in [-0.39, 0.29) is 11.6 Å². The summed E-state index contributed by atoms with van der Waals surface area (Å²) in [6.45, 7) is 1.86. The van der Waals surface area contributed by atoms with Crippen LogP contribution in [0.3, 0.4) is 0 Å². The van der Waals surface area contributed by atoms with Gasteiger partial charge >= 0.3 is 0 Å². The number of hydrogen-bond acceptors (Lipinski definition) is 7. The Morgan fingerprint density at radius 1 is 1.24 bits per heavy atom. The van der Waals surface area contributed by atoms with Gasteiger partial charge in [-0.05, 0) is 37.3 Å². The van der Waals surface area contributed by atoms with Crippen molar-refractivity contribution in [3.8, 4) is 17.9 Å². The van der Waals surface area contributed by atoms with Crippen LogP contribution in [-0.4, -0.2) is 23.7 Å². The molecule has 0 fully saturated rings. The summed E-state index contributed by atoms with van der Waals surface area (Å²) < 4.78 is 5.21. The summed E-state index contributed by atoms with van der Waals surface area (Å²) in [5.41, 5.74) is 4.45. The van der Waals surface area contributed by atoms with E-state index in [9.17, 15) is 4.79 Å². The lowest BCUT2D eigenvalue weighted by Gasteiger charge is -2.10. The van der Waals surface area contributed by atoms with E-state index < -0.39 is 0 Å². The highest BCUT2D eigenvalue weighted by atomic mass is 16.5. The van der Waals surface area contributed by atoms with E-state index in [2.05, 4.69) is 20.8 Å². The highest BCUT2D eigenvalue weighted by molar-refractivity contribution is 6.10. The Morgan fingerprint density at radius 2 is 2.00 bits per heavy atom. The van der Waals surface area contributed by atoms with Crippen LogP contribution in [0.5, 0.6) is 5.75 Å². The zero-order chi connectivity index (χ0) is 18.2. The fraction of sp³-hybridized carbons (Fsp3) is 0.118. The van der Waals surface area contributed by atoms with Crippen LogP contribution in [0.1, 0.15) is 16.1 Å². The van der Waals surface area contributed by atoms with Crippen molar-refractivity contribution in [3.05, 3.63) is 47.8 Å². The molecule has 1 heterocycles. The number of nitrogens with zero attached hydrogens (tertiary/aromatic N) is 4. The molecule has 2 aromatic rings. The molecule has 0 saturated carbocycles. The standard InChI is InChI=1S/C17H14N6O2/c1-11-3-5-13(10-20-11)21-17(24)12-4-6-15(16(7-12)25-2)23-22-14(8-18)9-19/h3-7,10,23H,1-2H3,(H,21,24). The number of carbonyl (C=O) groups is 1. The summed E-state index contributed by atoms with van der Waals surface area (Å²) in [6, 6.07) is 11.5. The molecule has 0 radical (unpaired) electrons. The van der Waals surface area contributed by atoms with Crippen molar-refractivity contribution < 1.29 is 9.53 Å². The van der Waals surface area contributed by atoms with Gasteiger partial charge in [0.15, 0.2) is 0 Å². The highest BCUT2D eigenvalue weighted by Crippen LogP contribution is 2.26. The lowest BCUT2D eigenvalue weighted by atomic mass is 10.1. The number of pyridine rings is 1. The molecule has 0 unspecified atom stereocenters. The van der Waals surface area contributed by atoms with Gasteiger partial charge in [-0.2, -0.15) is 15.6 Å². The van der Waals surface area contributed by atoms with Gasteiger partial charge in [-0.25, -0.2) is 0 Å². The van der Waals surface area contributed by atoms with Gasteiger partial charge in [0.25, 0.3) is 5.91 Å². The van der Waals surface area contributed by atoms with Crippen LogP contribution in [-0.2, 0) is 0 Å².